The lowest BCUT2D eigenvalue weighted by atomic mass is 10.2. The smallest absolute Gasteiger partial charge is 0.350 e. The van der Waals surface area contributed by atoms with E-state index in [1.54, 1.807) is 24.4 Å². The van der Waals surface area contributed by atoms with Crippen LogP contribution in [-0.2, 0) is 16.1 Å². The normalized spacial score (nSPS) is 10.8. The molecule has 4 aromatic rings. The lowest BCUT2D eigenvalue weighted by Gasteiger charge is -2.07. The predicted molar refractivity (Wildman–Crippen MR) is 118 cm³/mol. The zero-order valence-corrected chi connectivity index (χ0v) is 17.6. The molecule has 0 aliphatic carbocycles. The third-order valence-electron chi connectivity index (χ3n) is 4.28. The summed E-state index contributed by atoms with van der Waals surface area (Å²) in [5.41, 5.74) is 1.63. The predicted octanol–water partition coefficient (Wildman–Crippen LogP) is 4.00. The maximum absolute atomic E-state index is 12.6. The molecular formula is C21H17N3O4S2. The molecule has 0 unspecified atom stereocenters. The molecule has 0 saturated heterocycles. The summed E-state index contributed by atoms with van der Waals surface area (Å²) in [6.07, 6.45) is 1.35. The van der Waals surface area contributed by atoms with Crippen molar-refractivity contribution in [1.29, 1.82) is 0 Å². The van der Waals surface area contributed by atoms with Crippen molar-refractivity contribution in [2.24, 2.45) is 0 Å². The summed E-state index contributed by atoms with van der Waals surface area (Å²) in [7, 11) is 0. The number of aromatic nitrogens is 2. The molecule has 0 spiro atoms. The molecule has 0 aliphatic rings. The number of thiophene rings is 2. The Kier molecular flexibility index (Phi) is 5.73. The van der Waals surface area contributed by atoms with E-state index in [0.29, 0.717) is 20.8 Å². The van der Waals surface area contributed by atoms with E-state index in [4.69, 9.17) is 4.74 Å². The van der Waals surface area contributed by atoms with Gasteiger partial charge in [0.2, 0.25) is 5.91 Å². The molecule has 1 aromatic carbocycles. The van der Waals surface area contributed by atoms with Crippen LogP contribution in [-0.4, -0.2) is 28.0 Å². The van der Waals surface area contributed by atoms with Gasteiger partial charge in [0, 0.05) is 4.88 Å². The summed E-state index contributed by atoms with van der Waals surface area (Å²) in [4.78, 5) is 42.9. The number of ether oxygens (including phenoxy) is 1. The van der Waals surface area contributed by atoms with Crippen LogP contribution in [0.3, 0.4) is 0 Å². The van der Waals surface area contributed by atoms with Crippen LogP contribution in [0.2, 0.25) is 0 Å². The van der Waals surface area contributed by atoms with Crippen LogP contribution in [0, 0.1) is 0 Å². The van der Waals surface area contributed by atoms with E-state index in [-0.39, 0.29) is 18.7 Å². The first kappa shape index (κ1) is 20.0. The molecule has 1 N–H and O–H groups in total. The average molecular weight is 440 g/mol. The Morgan fingerprint density at radius 1 is 1.20 bits per heavy atom. The van der Waals surface area contributed by atoms with E-state index in [1.165, 1.54) is 33.6 Å². The minimum atomic E-state index is -0.501. The summed E-state index contributed by atoms with van der Waals surface area (Å²) in [5, 5.41) is 4.53. The van der Waals surface area contributed by atoms with Gasteiger partial charge in [-0.25, -0.2) is 9.78 Å². The number of nitrogens with zero attached hydrogens (tertiary/aromatic N) is 2. The fourth-order valence-electron chi connectivity index (χ4n) is 2.91. The van der Waals surface area contributed by atoms with E-state index >= 15 is 0 Å². The number of carbonyl (C=O) groups excluding carboxylic acids is 2. The third kappa shape index (κ3) is 4.03. The number of hydrogen-bond acceptors (Lipinski definition) is 7. The average Bonchev–Trinajstić information content (AvgIpc) is 3.38. The quantitative estimate of drug-likeness (QED) is 0.459. The standard InChI is InChI=1S/C21H17N3O4S2/c1-2-28-21(27)19-15(10-16(30-19)13-6-4-3-5-7-13)23-17(25)11-24-12-22-14-8-9-29-18(14)20(24)26/h3-10,12H,2,11H2,1H3,(H,23,25). The minimum Gasteiger partial charge on any atom is -0.462 e. The summed E-state index contributed by atoms with van der Waals surface area (Å²) >= 11 is 2.53. The van der Waals surface area contributed by atoms with Crippen LogP contribution in [0.15, 0.2) is 59.0 Å². The van der Waals surface area contributed by atoms with Crippen LogP contribution in [0.1, 0.15) is 16.6 Å². The highest BCUT2D eigenvalue weighted by atomic mass is 32.1. The molecule has 9 heteroatoms. The maximum atomic E-state index is 12.6. The van der Waals surface area contributed by atoms with Crippen molar-refractivity contribution < 1.29 is 14.3 Å². The molecule has 3 heterocycles. The van der Waals surface area contributed by atoms with Crippen LogP contribution in [0.5, 0.6) is 0 Å². The molecule has 7 nitrogen and oxygen atoms in total. The molecule has 0 saturated carbocycles. The number of amides is 1. The zero-order chi connectivity index (χ0) is 21.1. The van der Waals surface area contributed by atoms with Crippen LogP contribution >= 0.6 is 22.7 Å². The number of benzene rings is 1. The van der Waals surface area contributed by atoms with Crippen molar-refractivity contribution in [3.63, 3.8) is 0 Å². The van der Waals surface area contributed by atoms with Crippen molar-refractivity contribution in [1.82, 2.24) is 9.55 Å². The van der Waals surface area contributed by atoms with Gasteiger partial charge < -0.3 is 10.1 Å². The first-order chi connectivity index (χ1) is 14.6. The molecule has 3 aromatic heterocycles. The lowest BCUT2D eigenvalue weighted by molar-refractivity contribution is -0.116. The second-order valence-corrected chi connectivity index (χ2v) is 8.27. The van der Waals surface area contributed by atoms with Gasteiger partial charge in [0.25, 0.3) is 5.56 Å². The molecule has 4 rings (SSSR count). The van der Waals surface area contributed by atoms with E-state index < -0.39 is 11.9 Å². The van der Waals surface area contributed by atoms with Crippen molar-refractivity contribution in [2.45, 2.75) is 13.5 Å². The first-order valence-corrected chi connectivity index (χ1v) is 10.8. The number of carbonyl (C=O) groups is 2. The van der Waals surface area contributed by atoms with Gasteiger partial charge in [-0.05, 0) is 30.0 Å². The van der Waals surface area contributed by atoms with Gasteiger partial charge in [-0.2, -0.15) is 0 Å². The van der Waals surface area contributed by atoms with Gasteiger partial charge in [-0.15, -0.1) is 22.7 Å². The molecule has 0 atom stereocenters. The molecule has 1 amide bonds. The van der Waals surface area contributed by atoms with E-state index in [2.05, 4.69) is 10.3 Å². The molecule has 0 aliphatic heterocycles. The van der Waals surface area contributed by atoms with Crippen molar-refractivity contribution >= 4 is 50.5 Å². The largest absolute Gasteiger partial charge is 0.462 e. The SMILES string of the molecule is CCOC(=O)c1sc(-c2ccccc2)cc1NC(=O)Cn1cnc2ccsc2c1=O. The Morgan fingerprint density at radius 3 is 2.77 bits per heavy atom. The van der Waals surface area contributed by atoms with Gasteiger partial charge in [0.05, 0.1) is 24.1 Å². The second-order valence-electron chi connectivity index (χ2n) is 6.30. The first-order valence-electron chi connectivity index (χ1n) is 9.15. The van der Waals surface area contributed by atoms with Crippen molar-refractivity contribution in [3.8, 4) is 10.4 Å². The van der Waals surface area contributed by atoms with Crippen LogP contribution in [0.4, 0.5) is 5.69 Å². The van der Waals surface area contributed by atoms with E-state index in [0.717, 1.165) is 10.4 Å². The van der Waals surface area contributed by atoms with Gasteiger partial charge in [0.15, 0.2) is 0 Å². The third-order valence-corrected chi connectivity index (χ3v) is 6.33. The van der Waals surface area contributed by atoms with E-state index in [1.807, 2.05) is 30.3 Å². The fraction of sp³-hybridized carbons (Fsp3) is 0.143. The van der Waals surface area contributed by atoms with Crippen LogP contribution in [0.25, 0.3) is 20.7 Å². The highest BCUT2D eigenvalue weighted by molar-refractivity contribution is 7.18. The number of fused-ring (bicyclic) bond motifs is 1. The highest BCUT2D eigenvalue weighted by Gasteiger charge is 2.20. The summed E-state index contributed by atoms with van der Waals surface area (Å²) in [6.45, 7) is 1.74. The summed E-state index contributed by atoms with van der Waals surface area (Å²) in [6, 6.07) is 13.1. The van der Waals surface area contributed by atoms with E-state index in [9.17, 15) is 14.4 Å². The molecule has 152 valence electrons. The Morgan fingerprint density at radius 2 is 2.00 bits per heavy atom. The van der Waals surface area contributed by atoms with Gasteiger partial charge in [-0.3, -0.25) is 14.2 Å². The molecule has 0 fully saturated rings. The summed E-state index contributed by atoms with van der Waals surface area (Å²) in [5.74, 6) is -0.934. The monoisotopic (exact) mass is 439 g/mol. The van der Waals surface area contributed by atoms with Crippen molar-refractivity contribution in [3.05, 3.63) is 69.4 Å². The lowest BCUT2D eigenvalue weighted by Crippen LogP contribution is -2.27. The Balaban J connectivity index is 1.61. The Hall–Kier alpha value is -3.30. The number of esters is 1. The Bertz CT molecular complexity index is 1270. The number of hydrogen-bond donors (Lipinski definition) is 1. The topological polar surface area (TPSA) is 90.3 Å². The van der Waals surface area contributed by atoms with Crippen molar-refractivity contribution in [2.75, 3.05) is 11.9 Å². The number of anilines is 1. The van der Waals surface area contributed by atoms with Gasteiger partial charge in [-0.1, -0.05) is 30.3 Å². The molecular weight excluding hydrogens is 422 g/mol. The Labute approximate surface area is 179 Å². The molecule has 0 radical (unpaired) electrons. The highest BCUT2D eigenvalue weighted by Crippen LogP contribution is 2.35. The minimum absolute atomic E-state index is 0.210. The molecule has 0 bridgehead atoms. The molecule has 30 heavy (non-hydrogen) atoms. The second kappa shape index (κ2) is 8.60. The zero-order valence-electron chi connectivity index (χ0n) is 16.0. The summed E-state index contributed by atoms with van der Waals surface area (Å²) < 4.78 is 6.88. The van der Waals surface area contributed by atoms with Crippen LogP contribution < -0.4 is 10.9 Å². The van der Waals surface area contributed by atoms with Gasteiger partial charge >= 0.3 is 5.97 Å². The fourth-order valence-corrected chi connectivity index (χ4v) is 4.72. The number of nitrogens with one attached hydrogen (secondary N) is 1. The number of rotatable bonds is 6. The maximum Gasteiger partial charge on any atom is 0.350 e. The van der Waals surface area contributed by atoms with Gasteiger partial charge in [0.1, 0.15) is 16.1 Å².